The summed E-state index contributed by atoms with van der Waals surface area (Å²) in [6.45, 7) is 1.82. The van der Waals surface area contributed by atoms with E-state index in [1.807, 2.05) is 6.07 Å². The van der Waals surface area contributed by atoms with E-state index in [-0.39, 0.29) is 12.2 Å². The number of benzene rings is 1. The summed E-state index contributed by atoms with van der Waals surface area (Å²) in [7, 11) is -3.48. The average molecular weight is 354 g/mol. The number of carboxylic acid groups (broad SMARTS) is 1. The molecule has 7 nitrogen and oxygen atoms in total. The fraction of sp³-hybridized carbons (Fsp3) is 0.500. The maximum absolute atomic E-state index is 12.4. The molecule has 0 radical (unpaired) electrons. The highest BCUT2D eigenvalue weighted by Crippen LogP contribution is 2.21. The van der Waals surface area contributed by atoms with Crippen LogP contribution in [0.25, 0.3) is 0 Å². The fourth-order valence-corrected chi connectivity index (χ4v) is 4.15. The third kappa shape index (κ3) is 4.33. The Balaban J connectivity index is 2.09. The number of hydrogen-bond donors (Lipinski definition) is 2. The summed E-state index contributed by atoms with van der Waals surface area (Å²) < 4.78 is 25.3. The lowest BCUT2D eigenvalue weighted by Gasteiger charge is -2.24. The number of amides is 1. The molecule has 1 heterocycles. The van der Waals surface area contributed by atoms with E-state index in [1.165, 1.54) is 11.2 Å². The van der Waals surface area contributed by atoms with Gasteiger partial charge >= 0.3 is 5.97 Å². The molecule has 1 fully saturated rings. The Morgan fingerprint density at radius 2 is 2.00 bits per heavy atom. The van der Waals surface area contributed by atoms with Crippen molar-refractivity contribution in [2.75, 3.05) is 12.3 Å². The molecule has 2 rings (SSSR count). The first kappa shape index (κ1) is 18.4. The number of carbonyl (C=O) groups excluding carboxylic acids is 1. The van der Waals surface area contributed by atoms with Gasteiger partial charge in [-0.05, 0) is 25.3 Å². The number of carboxylic acids is 1. The zero-order valence-corrected chi connectivity index (χ0v) is 14.3. The highest BCUT2D eigenvalue weighted by Gasteiger charge is 2.38. The molecule has 132 valence electrons. The van der Waals surface area contributed by atoms with E-state index in [4.69, 9.17) is 0 Å². The Morgan fingerprint density at radius 3 is 2.58 bits per heavy atom. The first-order chi connectivity index (χ1) is 11.3. The molecule has 0 unspecified atom stereocenters. The minimum atomic E-state index is -3.48. The third-order valence-electron chi connectivity index (χ3n) is 4.13. The van der Waals surface area contributed by atoms with Crippen LogP contribution in [-0.4, -0.2) is 54.1 Å². The summed E-state index contributed by atoms with van der Waals surface area (Å²) in [6, 6.07) is 7.06. The van der Waals surface area contributed by atoms with Crippen molar-refractivity contribution in [2.24, 2.45) is 0 Å². The molecule has 0 aliphatic carbocycles. The molecular formula is C16H22N2O5S. The first-order valence-electron chi connectivity index (χ1n) is 7.91. The van der Waals surface area contributed by atoms with Crippen LogP contribution in [0.3, 0.4) is 0 Å². The average Bonchev–Trinajstić information content (AvgIpc) is 3.05. The molecule has 2 atom stereocenters. The van der Waals surface area contributed by atoms with Crippen molar-refractivity contribution in [3.05, 3.63) is 35.9 Å². The lowest BCUT2D eigenvalue weighted by Crippen LogP contribution is -2.51. The standard InChI is InChI=1S/C16H22N2O5S/c1-2-24(22,23)18-10-6-9-14(18)15(19)17-13(16(20)21)11-12-7-4-3-5-8-12/h3-5,7-8,13-14H,2,6,9-11H2,1H3,(H,17,19)(H,20,21)/t13-,14-/m0/s1. The zero-order valence-electron chi connectivity index (χ0n) is 13.5. The van der Waals surface area contributed by atoms with Crippen LogP contribution in [-0.2, 0) is 26.0 Å². The largest absolute Gasteiger partial charge is 0.480 e. The Hall–Kier alpha value is -1.93. The fourth-order valence-electron chi connectivity index (χ4n) is 2.82. The lowest BCUT2D eigenvalue weighted by molar-refractivity contribution is -0.142. The van der Waals surface area contributed by atoms with E-state index >= 15 is 0 Å². The number of rotatable bonds is 7. The van der Waals surface area contributed by atoms with Crippen LogP contribution in [0.4, 0.5) is 0 Å². The van der Waals surface area contributed by atoms with Crippen molar-refractivity contribution >= 4 is 21.9 Å². The monoisotopic (exact) mass is 354 g/mol. The molecule has 0 saturated carbocycles. The normalized spacial score (nSPS) is 19.8. The van der Waals surface area contributed by atoms with Crippen molar-refractivity contribution in [3.8, 4) is 0 Å². The molecule has 0 aromatic heterocycles. The number of nitrogens with zero attached hydrogens (tertiary/aromatic N) is 1. The molecule has 1 amide bonds. The molecule has 2 N–H and O–H groups in total. The third-order valence-corrected chi connectivity index (χ3v) is 6.01. The van der Waals surface area contributed by atoms with Gasteiger partial charge in [-0.1, -0.05) is 30.3 Å². The molecule has 1 aromatic rings. The molecule has 1 aliphatic rings. The van der Waals surface area contributed by atoms with E-state index in [2.05, 4.69) is 5.32 Å². The van der Waals surface area contributed by atoms with Crippen LogP contribution in [0.5, 0.6) is 0 Å². The van der Waals surface area contributed by atoms with Crippen molar-refractivity contribution in [1.82, 2.24) is 9.62 Å². The molecule has 0 bridgehead atoms. The van der Waals surface area contributed by atoms with E-state index < -0.39 is 34.0 Å². The van der Waals surface area contributed by atoms with Crippen molar-refractivity contribution < 1.29 is 23.1 Å². The number of sulfonamides is 1. The quantitative estimate of drug-likeness (QED) is 0.747. The Bertz CT molecular complexity index is 690. The molecule has 1 saturated heterocycles. The van der Waals surface area contributed by atoms with Crippen LogP contribution in [0, 0.1) is 0 Å². The van der Waals surface area contributed by atoms with Crippen LogP contribution >= 0.6 is 0 Å². The van der Waals surface area contributed by atoms with E-state index in [0.717, 1.165) is 5.56 Å². The van der Waals surface area contributed by atoms with Gasteiger partial charge in [-0.25, -0.2) is 13.2 Å². The first-order valence-corrected chi connectivity index (χ1v) is 9.52. The molecule has 24 heavy (non-hydrogen) atoms. The van der Waals surface area contributed by atoms with Crippen LogP contribution in [0.15, 0.2) is 30.3 Å². The number of aliphatic carboxylic acids is 1. The van der Waals surface area contributed by atoms with Gasteiger partial charge in [0.25, 0.3) is 0 Å². The number of hydrogen-bond acceptors (Lipinski definition) is 4. The molecule has 1 aromatic carbocycles. The predicted molar refractivity (Wildman–Crippen MR) is 88.9 cm³/mol. The van der Waals surface area contributed by atoms with Gasteiger partial charge in [0.15, 0.2) is 0 Å². The van der Waals surface area contributed by atoms with Crippen LogP contribution < -0.4 is 5.32 Å². The topological polar surface area (TPSA) is 104 Å². The maximum Gasteiger partial charge on any atom is 0.326 e. The second kappa shape index (κ2) is 7.76. The molecule has 1 aliphatic heterocycles. The number of carbonyl (C=O) groups is 2. The van der Waals surface area contributed by atoms with Gasteiger partial charge in [-0.15, -0.1) is 0 Å². The van der Waals surface area contributed by atoms with Crippen molar-refractivity contribution in [3.63, 3.8) is 0 Å². The van der Waals surface area contributed by atoms with E-state index in [9.17, 15) is 23.1 Å². The SMILES string of the molecule is CCS(=O)(=O)N1CCC[C@H]1C(=O)N[C@@H](Cc1ccccc1)C(=O)O. The lowest BCUT2D eigenvalue weighted by atomic mass is 10.1. The minimum absolute atomic E-state index is 0.0802. The summed E-state index contributed by atoms with van der Waals surface area (Å²) in [4.78, 5) is 23.9. The zero-order chi connectivity index (χ0) is 17.7. The maximum atomic E-state index is 12.4. The Kier molecular flexibility index (Phi) is 5.95. The van der Waals surface area contributed by atoms with E-state index in [0.29, 0.717) is 19.4 Å². The van der Waals surface area contributed by atoms with Gasteiger partial charge in [-0.3, -0.25) is 4.79 Å². The molecule has 0 spiro atoms. The van der Waals surface area contributed by atoms with E-state index in [1.54, 1.807) is 24.3 Å². The summed E-state index contributed by atoms with van der Waals surface area (Å²) in [5.41, 5.74) is 0.787. The smallest absolute Gasteiger partial charge is 0.326 e. The second-order valence-corrected chi connectivity index (χ2v) is 7.97. The van der Waals surface area contributed by atoms with Crippen LogP contribution in [0.1, 0.15) is 25.3 Å². The summed E-state index contributed by atoms with van der Waals surface area (Å²) in [5.74, 6) is -1.77. The Morgan fingerprint density at radius 1 is 1.33 bits per heavy atom. The van der Waals surface area contributed by atoms with Gasteiger partial charge in [-0.2, -0.15) is 4.31 Å². The van der Waals surface area contributed by atoms with Gasteiger partial charge in [0.1, 0.15) is 12.1 Å². The summed E-state index contributed by atoms with van der Waals surface area (Å²) >= 11 is 0. The van der Waals surface area contributed by atoms with Crippen LogP contribution in [0.2, 0.25) is 0 Å². The van der Waals surface area contributed by atoms with Crippen molar-refractivity contribution in [1.29, 1.82) is 0 Å². The van der Waals surface area contributed by atoms with Gasteiger partial charge in [0.05, 0.1) is 5.75 Å². The minimum Gasteiger partial charge on any atom is -0.480 e. The summed E-state index contributed by atoms with van der Waals surface area (Å²) in [5, 5.41) is 11.8. The Labute approximate surface area is 141 Å². The summed E-state index contributed by atoms with van der Waals surface area (Å²) in [6.07, 6.45) is 1.14. The molecule has 8 heteroatoms. The van der Waals surface area contributed by atoms with Gasteiger partial charge in [0, 0.05) is 13.0 Å². The highest BCUT2D eigenvalue weighted by molar-refractivity contribution is 7.89. The van der Waals surface area contributed by atoms with Gasteiger partial charge in [0.2, 0.25) is 15.9 Å². The second-order valence-electron chi connectivity index (χ2n) is 5.76. The predicted octanol–water partition coefficient (Wildman–Crippen LogP) is 0.613. The van der Waals surface area contributed by atoms with Crippen molar-refractivity contribution in [2.45, 2.75) is 38.3 Å². The van der Waals surface area contributed by atoms with Gasteiger partial charge < -0.3 is 10.4 Å². The molecular weight excluding hydrogens is 332 g/mol. The highest BCUT2D eigenvalue weighted by atomic mass is 32.2. The number of nitrogens with one attached hydrogen (secondary N) is 1.